The van der Waals surface area contributed by atoms with Crippen LogP contribution >= 0.6 is 0 Å². The molecule has 4 nitrogen and oxygen atoms in total. The lowest BCUT2D eigenvalue weighted by molar-refractivity contribution is 0.161. The van der Waals surface area contributed by atoms with Gasteiger partial charge in [-0.3, -0.25) is 0 Å². The summed E-state index contributed by atoms with van der Waals surface area (Å²) in [6, 6.07) is 9.20. The maximum absolute atomic E-state index is 11.8. The first-order valence-corrected chi connectivity index (χ1v) is 5.96. The van der Waals surface area contributed by atoms with Crippen LogP contribution in [0.25, 0.3) is 0 Å². The van der Waals surface area contributed by atoms with Crippen LogP contribution in [-0.4, -0.2) is 37.7 Å². The number of benzene rings is 1. The van der Waals surface area contributed by atoms with Crippen LogP contribution < -0.4 is 10.1 Å². The van der Waals surface area contributed by atoms with Gasteiger partial charge in [-0.2, -0.15) is 0 Å². The standard InChI is InChI=1S/C13H18N2O2/c1-14-9-11-7-8-15(10-11)13(16)17-12-5-3-2-4-6-12/h2-6,11,14H,7-10H2,1H3. The van der Waals surface area contributed by atoms with Crippen molar-refractivity contribution < 1.29 is 9.53 Å². The fraction of sp³-hybridized carbons (Fsp3) is 0.462. The van der Waals surface area contributed by atoms with Crippen molar-refractivity contribution in [1.29, 1.82) is 0 Å². The molecule has 4 heteroatoms. The summed E-state index contributed by atoms with van der Waals surface area (Å²) < 4.78 is 5.29. The zero-order valence-electron chi connectivity index (χ0n) is 10.1. The Morgan fingerprint density at radius 3 is 2.94 bits per heavy atom. The van der Waals surface area contributed by atoms with Crippen molar-refractivity contribution in [3.63, 3.8) is 0 Å². The SMILES string of the molecule is CNCC1CCN(C(=O)Oc2ccccc2)C1. The lowest BCUT2D eigenvalue weighted by Gasteiger charge is -2.16. The molecule has 0 radical (unpaired) electrons. The van der Waals surface area contributed by atoms with E-state index >= 15 is 0 Å². The Labute approximate surface area is 102 Å². The minimum Gasteiger partial charge on any atom is -0.410 e. The molecule has 1 unspecified atom stereocenters. The molecule has 1 amide bonds. The second-order valence-corrected chi connectivity index (χ2v) is 4.34. The summed E-state index contributed by atoms with van der Waals surface area (Å²) in [5.74, 6) is 1.15. The Hall–Kier alpha value is -1.55. The molecule has 92 valence electrons. The van der Waals surface area contributed by atoms with Crippen LogP contribution in [0.5, 0.6) is 5.75 Å². The molecule has 1 atom stereocenters. The highest BCUT2D eigenvalue weighted by molar-refractivity contribution is 5.70. The minimum absolute atomic E-state index is 0.241. The monoisotopic (exact) mass is 234 g/mol. The van der Waals surface area contributed by atoms with Crippen LogP contribution in [0.1, 0.15) is 6.42 Å². The zero-order chi connectivity index (χ0) is 12.1. The third-order valence-corrected chi connectivity index (χ3v) is 2.99. The second-order valence-electron chi connectivity index (χ2n) is 4.34. The first-order valence-electron chi connectivity index (χ1n) is 5.96. The highest BCUT2D eigenvalue weighted by Crippen LogP contribution is 2.17. The van der Waals surface area contributed by atoms with Gasteiger partial charge in [-0.1, -0.05) is 18.2 Å². The molecule has 1 aromatic carbocycles. The highest BCUT2D eigenvalue weighted by Gasteiger charge is 2.26. The normalized spacial score (nSPS) is 19.4. The third kappa shape index (κ3) is 3.20. The third-order valence-electron chi connectivity index (χ3n) is 2.99. The van der Waals surface area contributed by atoms with Crippen molar-refractivity contribution in [3.8, 4) is 5.75 Å². The van der Waals surface area contributed by atoms with Crippen LogP contribution in [-0.2, 0) is 0 Å². The van der Waals surface area contributed by atoms with Crippen LogP contribution in [0.15, 0.2) is 30.3 Å². The number of hydrogen-bond donors (Lipinski definition) is 1. The average molecular weight is 234 g/mol. The van der Waals surface area contributed by atoms with Gasteiger partial charge in [0.25, 0.3) is 0 Å². The number of carbonyl (C=O) groups is 1. The molecule has 0 saturated carbocycles. The largest absolute Gasteiger partial charge is 0.415 e. The maximum atomic E-state index is 11.8. The summed E-state index contributed by atoms with van der Waals surface area (Å²) in [5, 5.41) is 3.14. The number of likely N-dealkylation sites (tertiary alicyclic amines) is 1. The summed E-state index contributed by atoms with van der Waals surface area (Å²) in [6.45, 7) is 2.53. The fourth-order valence-corrected chi connectivity index (χ4v) is 2.11. The molecule has 2 rings (SSSR count). The van der Waals surface area contributed by atoms with E-state index in [2.05, 4.69) is 5.32 Å². The van der Waals surface area contributed by atoms with Crippen molar-refractivity contribution in [2.24, 2.45) is 5.92 Å². The second kappa shape index (κ2) is 5.68. The molecule has 1 heterocycles. The Morgan fingerprint density at radius 2 is 2.24 bits per heavy atom. The first kappa shape index (κ1) is 11.9. The summed E-state index contributed by atoms with van der Waals surface area (Å²) in [4.78, 5) is 13.6. The van der Waals surface area contributed by atoms with Crippen molar-refractivity contribution in [3.05, 3.63) is 30.3 Å². The molecule has 0 aliphatic carbocycles. The molecule has 1 fully saturated rings. The van der Waals surface area contributed by atoms with Gasteiger partial charge in [0.15, 0.2) is 0 Å². The topological polar surface area (TPSA) is 41.6 Å². The molecule has 1 aliphatic heterocycles. The van der Waals surface area contributed by atoms with Gasteiger partial charge < -0.3 is 15.0 Å². The smallest absolute Gasteiger partial charge is 0.410 e. The number of amides is 1. The number of ether oxygens (including phenoxy) is 1. The summed E-state index contributed by atoms with van der Waals surface area (Å²) in [5.41, 5.74) is 0. The number of nitrogens with one attached hydrogen (secondary N) is 1. The van der Waals surface area contributed by atoms with Gasteiger partial charge in [-0.05, 0) is 38.1 Å². The minimum atomic E-state index is -0.241. The van der Waals surface area contributed by atoms with Gasteiger partial charge in [-0.15, -0.1) is 0 Å². The van der Waals surface area contributed by atoms with Crippen LogP contribution in [0.3, 0.4) is 0 Å². The van der Waals surface area contributed by atoms with Crippen molar-refractivity contribution >= 4 is 6.09 Å². The number of carbonyl (C=O) groups excluding carboxylic acids is 1. The van der Waals surface area contributed by atoms with E-state index < -0.39 is 0 Å². The van der Waals surface area contributed by atoms with E-state index in [4.69, 9.17) is 4.74 Å². The Morgan fingerprint density at radius 1 is 1.47 bits per heavy atom. The number of hydrogen-bond acceptors (Lipinski definition) is 3. The van der Waals surface area contributed by atoms with Gasteiger partial charge in [0, 0.05) is 13.1 Å². The van der Waals surface area contributed by atoms with Gasteiger partial charge in [0.2, 0.25) is 0 Å². The molecule has 17 heavy (non-hydrogen) atoms. The van der Waals surface area contributed by atoms with E-state index in [0.717, 1.165) is 26.1 Å². The van der Waals surface area contributed by atoms with Gasteiger partial charge in [-0.25, -0.2) is 4.79 Å². The van der Waals surface area contributed by atoms with E-state index in [-0.39, 0.29) is 6.09 Å². The molecule has 0 aromatic heterocycles. The Bertz CT molecular complexity index is 367. The molecule has 1 aliphatic rings. The fourth-order valence-electron chi connectivity index (χ4n) is 2.11. The molecule has 1 saturated heterocycles. The average Bonchev–Trinajstić information content (AvgIpc) is 2.79. The molecule has 0 bridgehead atoms. The number of nitrogens with zero attached hydrogens (tertiary/aromatic N) is 1. The van der Waals surface area contributed by atoms with E-state index in [1.807, 2.05) is 25.2 Å². The lowest BCUT2D eigenvalue weighted by Crippen LogP contribution is -2.32. The molecule has 1 aromatic rings. The van der Waals surface area contributed by atoms with E-state index in [9.17, 15) is 4.79 Å². The molecule has 0 spiro atoms. The van der Waals surface area contributed by atoms with Crippen LogP contribution in [0.4, 0.5) is 4.79 Å². The van der Waals surface area contributed by atoms with Crippen LogP contribution in [0.2, 0.25) is 0 Å². The van der Waals surface area contributed by atoms with Gasteiger partial charge >= 0.3 is 6.09 Å². The number of para-hydroxylation sites is 1. The van der Waals surface area contributed by atoms with Gasteiger partial charge in [0.1, 0.15) is 5.75 Å². The summed E-state index contributed by atoms with van der Waals surface area (Å²) in [6.07, 6.45) is 0.805. The van der Waals surface area contributed by atoms with Gasteiger partial charge in [0.05, 0.1) is 0 Å². The lowest BCUT2D eigenvalue weighted by atomic mass is 10.1. The predicted molar refractivity (Wildman–Crippen MR) is 66.1 cm³/mol. The van der Waals surface area contributed by atoms with E-state index in [1.165, 1.54) is 0 Å². The van der Waals surface area contributed by atoms with Crippen molar-refractivity contribution in [1.82, 2.24) is 10.2 Å². The van der Waals surface area contributed by atoms with Crippen molar-refractivity contribution in [2.75, 3.05) is 26.7 Å². The first-order chi connectivity index (χ1) is 8.29. The quantitative estimate of drug-likeness (QED) is 0.866. The zero-order valence-corrected chi connectivity index (χ0v) is 10.1. The Balaban J connectivity index is 1.85. The maximum Gasteiger partial charge on any atom is 0.415 e. The molecule has 1 N–H and O–H groups in total. The summed E-state index contributed by atoms with van der Waals surface area (Å²) >= 11 is 0. The summed E-state index contributed by atoms with van der Waals surface area (Å²) in [7, 11) is 1.94. The Kier molecular flexibility index (Phi) is 3.98. The molecular formula is C13H18N2O2. The van der Waals surface area contributed by atoms with E-state index in [0.29, 0.717) is 11.7 Å². The van der Waals surface area contributed by atoms with E-state index in [1.54, 1.807) is 17.0 Å². The highest BCUT2D eigenvalue weighted by atomic mass is 16.6. The van der Waals surface area contributed by atoms with Crippen LogP contribution in [0, 0.1) is 5.92 Å². The van der Waals surface area contributed by atoms with Crippen molar-refractivity contribution in [2.45, 2.75) is 6.42 Å². The molecular weight excluding hydrogens is 216 g/mol. The predicted octanol–water partition coefficient (Wildman–Crippen LogP) is 1.73. The number of rotatable bonds is 3.